The summed E-state index contributed by atoms with van der Waals surface area (Å²) < 4.78 is 64.4. The van der Waals surface area contributed by atoms with Gasteiger partial charge in [0.05, 0.1) is 20.0 Å². The van der Waals surface area contributed by atoms with Crippen molar-refractivity contribution >= 4 is 31.4 Å². The number of aliphatic hydroxyl groups is 1. The smallest absolute Gasteiger partial charge is 0.375 e. The Morgan fingerprint density at radius 2 is 1.68 bits per heavy atom. The fraction of sp³-hybridized carbons (Fsp3) is 0.188. The van der Waals surface area contributed by atoms with Crippen molar-refractivity contribution in [2.24, 2.45) is 0 Å². The molecule has 1 N–H and O–H groups in total. The fourth-order valence-electron chi connectivity index (χ4n) is 2.14. The van der Waals surface area contributed by atoms with E-state index in [0.717, 1.165) is 0 Å². The van der Waals surface area contributed by atoms with Gasteiger partial charge in [-0.05, 0) is 37.3 Å². The van der Waals surface area contributed by atoms with Crippen molar-refractivity contribution in [3.05, 3.63) is 53.5 Å². The summed E-state index contributed by atoms with van der Waals surface area (Å²) >= 11 is 0.670. The van der Waals surface area contributed by atoms with E-state index >= 15 is 0 Å². The average molecular weight is 387 g/mol. The van der Waals surface area contributed by atoms with Gasteiger partial charge in [-0.1, -0.05) is 18.2 Å². The van der Waals surface area contributed by atoms with Crippen LogP contribution in [0.2, 0.25) is 0 Å². The molecule has 4 nitrogen and oxygen atoms in total. The SMILES string of the molecule is CC(O)(c1nc2cc(S(=O)(=O)c3ccccc3)ccc2s1)C(F)(F)F. The van der Waals surface area contributed by atoms with Gasteiger partial charge in [0.1, 0.15) is 5.01 Å². The van der Waals surface area contributed by atoms with Gasteiger partial charge in [-0.25, -0.2) is 13.4 Å². The van der Waals surface area contributed by atoms with Crippen molar-refractivity contribution < 1.29 is 26.7 Å². The van der Waals surface area contributed by atoms with Crippen LogP contribution in [0.4, 0.5) is 13.2 Å². The summed E-state index contributed by atoms with van der Waals surface area (Å²) in [4.78, 5) is 3.80. The molecule has 25 heavy (non-hydrogen) atoms. The monoisotopic (exact) mass is 387 g/mol. The number of hydrogen-bond acceptors (Lipinski definition) is 5. The Labute approximate surface area is 145 Å². The quantitative estimate of drug-likeness (QED) is 0.740. The second-order valence-electron chi connectivity index (χ2n) is 5.54. The summed E-state index contributed by atoms with van der Waals surface area (Å²) in [5.41, 5.74) is -3.02. The summed E-state index contributed by atoms with van der Waals surface area (Å²) in [5, 5.41) is 9.20. The first-order chi connectivity index (χ1) is 11.5. The van der Waals surface area contributed by atoms with Crippen LogP contribution in [-0.2, 0) is 15.4 Å². The van der Waals surface area contributed by atoms with Crippen molar-refractivity contribution in [2.45, 2.75) is 28.5 Å². The normalized spacial score (nSPS) is 15.2. The number of alkyl halides is 3. The molecule has 0 bridgehead atoms. The molecule has 3 rings (SSSR count). The van der Waals surface area contributed by atoms with Crippen LogP contribution in [0.5, 0.6) is 0 Å². The van der Waals surface area contributed by atoms with E-state index in [2.05, 4.69) is 4.98 Å². The Kier molecular flexibility index (Phi) is 4.13. The van der Waals surface area contributed by atoms with Gasteiger partial charge < -0.3 is 5.11 Å². The molecule has 0 amide bonds. The van der Waals surface area contributed by atoms with E-state index in [4.69, 9.17) is 0 Å². The van der Waals surface area contributed by atoms with Crippen LogP contribution in [0.1, 0.15) is 11.9 Å². The predicted molar refractivity (Wildman–Crippen MR) is 87.1 cm³/mol. The van der Waals surface area contributed by atoms with Gasteiger partial charge >= 0.3 is 6.18 Å². The lowest BCUT2D eigenvalue weighted by Crippen LogP contribution is -2.39. The third-order valence-electron chi connectivity index (χ3n) is 3.69. The number of thiazole rings is 1. The van der Waals surface area contributed by atoms with E-state index in [1.54, 1.807) is 18.2 Å². The number of aromatic nitrogens is 1. The van der Waals surface area contributed by atoms with Crippen LogP contribution >= 0.6 is 11.3 Å². The molecule has 0 radical (unpaired) electrons. The second kappa shape index (κ2) is 5.79. The van der Waals surface area contributed by atoms with Crippen molar-refractivity contribution in [2.75, 3.05) is 0 Å². The first-order valence-electron chi connectivity index (χ1n) is 7.04. The molecule has 0 spiro atoms. The average Bonchev–Trinajstić information content (AvgIpc) is 2.98. The molecule has 0 fully saturated rings. The zero-order valence-corrected chi connectivity index (χ0v) is 14.4. The molecule has 1 unspecified atom stereocenters. The third kappa shape index (κ3) is 3.03. The largest absolute Gasteiger partial charge is 0.423 e. The van der Waals surface area contributed by atoms with Crippen molar-refractivity contribution in [1.29, 1.82) is 0 Å². The standard InChI is InChI=1S/C16H12F3NO3S2/c1-15(21,16(17,18)19)14-20-12-9-11(7-8-13(12)24-14)25(22,23)10-5-3-2-4-6-10/h2-9,21H,1H3. The highest BCUT2D eigenvalue weighted by Crippen LogP contribution is 2.41. The summed E-state index contributed by atoms with van der Waals surface area (Å²) in [5.74, 6) is 0. The van der Waals surface area contributed by atoms with E-state index in [-0.39, 0.29) is 15.3 Å². The van der Waals surface area contributed by atoms with Gasteiger partial charge in [0, 0.05) is 0 Å². The maximum Gasteiger partial charge on any atom is 0.423 e. The first kappa shape index (κ1) is 17.8. The van der Waals surface area contributed by atoms with Crippen LogP contribution in [0.3, 0.4) is 0 Å². The molecule has 9 heteroatoms. The van der Waals surface area contributed by atoms with Gasteiger partial charge in [0.25, 0.3) is 0 Å². The molecule has 1 atom stereocenters. The van der Waals surface area contributed by atoms with Crippen molar-refractivity contribution in [3.63, 3.8) is 0 Å². The second-order valence-corrected chi connectivity index (χ2v) is 8.52. The number of rotatable bonds is 3. The highest BCUT2D eigenvalue weighted by molar-refractivity contribution is 7.91. The van der Waals surface area contributed by atoms with Crippen molar-refractivity contribution in [1.82, 2.24) is 4.98 Å². The van der Waals surface area contributed by atoms with E-state index in [1.165, 1.54) is 30.3 Å². The number of fused-ring (bicyclic) bond motifs is 1. The van der Waals surface area contributed by atoms with Crippen molar-refractivity contribution in [3.8, 4) is 0 Å². The lowest BCUT2D eigenvalue weighted by Gasteiger charge is -2.23. The van der Waals surface area contributed by atoms with Crippen LogP contribution in [0, 0.1) is 0 Å². The van der Waals surface area contributed by atoms with Gasteiger partial charge in [-0.3, -0.25) is 0 Å². The fourth-order valence-corrected chi connectivity index (χ4v) is 4.45. The molecule has 0 aliphatic carbocycles. The molecule has 0 aliphatic rings. The van der Waals surface area contributed by atoms with E-state index in [1.807, 2.05) is 0 Å². The number of halogens is 3. The lowest BCUT2D eigenvalue weighted by molar-refractivity contribution is -0.258. The Morgan fingerprint density at radius 3 is 2.28 bits per heavy atom. The maximum absolute atomic E-state index is 13.0. The summed E-state index contributed by atoms with van der Waals surface area (Å²) in [6.45, 7) is 0.617. The Bertz CT molecular complexity index is 1030. The minimum Gasteiger partial charge on any atom is -0.375 e. The van der Waals surface area contributed by atoms with E-state index in [0.29, 0.717) is 23.0 Å². The third-order valence-corrected chi connectivity index (χ3v) is 6.71. The van der Waals surface area contributed by atoms with E-state index < -0.39 is 26.6 Å². The molecule has 2 aromatic carbocycles. The number of hydrogen-bond donors (Lipinski definition) is 1. The molecule has 1 aromatic heterocycles. The summed E-state index contributed by atoms with van der Waals surface area (Å²) in [6, 6.07) is 11.6. The predicted octanol–water partition coefficient (Wildman–Crippen LogP) is 3.90. The molecule has 3 aromatic rings. The number of benzene rings is 2. The zero-order valence-electron chi connectivity index (χ0n) is 12.8. The first-order valence-corrected chi connectivity index (χ1v) is 9.34. The Hall–Kier alpha value is -1.97. The molecule has 132 valence electrons. The van der Waals surface area contributed by atoms with Crippen LogP contribution in [-0.4, -0.2) is 24.7 Å². The molecule has 0 saturated carbocycles. The molecule has 0 aliphatic heterocycles. The minimum absolute atomic E-state index is 0.0744. The van der Waals surface area contributed by atoms with Crippen LogP contribution in [0.15, 0.2) is 58.3 Å². The van der Waals surface area contributed by atoms with Gasteiger partial charge in [-0.15, -0.1) is 11.3 Å². The van der Waals surface area contributed by atoms with Gasteiger partial charge in [0.15, 0.2) is 0 Å². The number of nitrogens with zero attached hydrogens (tertiary/aromatic N) is 1. The van der Waals surface area contributed by atoms with Gasteiger partial charge in [0.2, 0.25) is 15.4 Å². The maximum atomic E-state index is 13.0. The van der Waals surface area contributed by atoms with Crippen LogP contribution < -0.4 is 0 Å². The number of sulfone groups is 1. The molecule has 0 saturated heterocycles. The van der Waals surface area contributed by atoms with E-state index in [9.17, 15) is 26.7 Å². The highest BCUT2D eigenvalue weighted by Gasteiger charge is 2.53. The van der Waals surface area contributed by atoms with Gasteiger partial charge in [-0.2, -0.15) is 13.2 Å². The summed E-state index contributed by atoms with van der Waals surface area (Å²) in [7, 11) is -3.81. The molecular weight excluding hydrogens is 375 g/mol. The lowest BCUT2D eigenvalue weighted by atomic mass is 10.1. The van der Waals surface area contributed by atoms with Crippen LogP contribution in [0.25, 0.3) is 10.2 Å². The zero-order chi connectivity index (χ0) is 18.5. The summed E-state index contributed by atoms with van der Waals surface area (Å²) in [6.07, 6.45) is -4.89. The Balaban J connectivity index is 2.11. The highest BCUT2D eigenvalue weighted by atomic mass is 32.2. The molecule has 1 heterocycles. The minimum atomic E-state index is -4.89. The topological polar surface area (TPSA) is 67.3 Å². The molecular formula is C16H12F3NO3S2. The Morgan fingerprint density at radius 1 is 1.04 bits per heavy atom.